The van der Waals surface area contributed by atoms with Gasteiger partial charge in [-0.05, 0) is 30.0 Å². The zero-order valence-corrected chi connectivity index (χ0v) is 11.8. The van der Waals surface area contributed by atoms with Gasteiger partial charge in [-0.25, -0.2) is 13.2 Å². The lowest BCUT2D eigenvalue weighted by Gasteiger charge is -2.13. The monoisotopic (exact) mass is 286 g/mol. The van der Waals surface area contributed by atoms with Crippen LogP contribution in [-0.4, -0.2) is 37.0 Å². The molecule has 0 amide bonds. The predicted molar refractivity (Wildman–Crippen MR) is 71.1 cm³/mol. The third-order valence-electron chi connectivity index (χ3n) is 2.85. The van der Waals surface area contributed by atoms with E-state index in [0.717, 1.165) is 0 Å². The molecule has 1 rings (SSSR count). The van der Waals surface area contributed by atoms with Crippen LogP contribution in [0.3, 0.4) is 0 Å². The first-order valence-corrected chi connectivity index (χ1v) is 7.66. The number of carboxylic acids is 1. The van der Waals surface area contributed by atoms with Gasteiger partial charge < -0.3 is 10.2 Å². The summed E-state index contributed by atoms with van der Waals surface area (Å²) in [5.41, 5.74) is 0.544. The number of aromatic carboxylic acids is 1. The van der Waals surface area contributed by atoms with E-state index in [0.29, 0.717) is 12.0 Å². The summed E-state index contributed by atoms with van der Waals surface area (Å²) in [6, 6.07) is 4.12. The van der Waals surface area contributed by atoms with Crippen LogP contribution in [0, 0.1) is 5.92 Å². The summed E-state index contributed by atoms with van der Waals surface area (Å²) in [6.07, 6.45) is 0.502. The standard InChI is InChI=1S/C13H18O5S/c1-3-10-4-5-11(13(15)16)6-12(10)19(17,18)8-9(2)7-14/h4-6,9,14H,3,7-8H2,1-2H3,(H,15,16). The minimum atomic E-state index is -3.59. The van der Waals surface area contributed by atoms with E-state index in [4.69, 9.17) is 10.2 Å². The van der Waals surface area contributed by atoms with Crippen molar-refractivity contribution >= 4 is 15.8 Å². The average molecular weight is 286 g/mol. The smallest absolute Gasteiger partial charge is 0.335 e. The molecule has 0 heterocycles. The van der Waals surface area contributed by atoms with Gasteiger partial charge in [-0.1, -0.05) is 19.9 Å². The van der Waals surface area contributed by atoms with E-state index in [1.165, 1.54) is 18.2 Å². The van der Waals surface area contributed by atoms with Gasteiger partial charge >= 0.3 is 5.97 Å². The zero-order valence-electron chi connectivity index (χ0n) is 11.0. The molecule has 0 bridgehead atoms. The molecule has 1 aromatic rings. The molecular formula is C13H18O5S. The summed E-state index contributed by atoms with van der Waals surface area (Å²) in [5.74, 6) is -1.74. The Morgan fingerprint density at radius 1 is 1.37 bits per heavy atom. The van der Waals surface area contributed by atoms with Crippen LogP contribution in [0.4, 0.5) is 0 Å². The largest absolute Gasteiger partial charge is 0.478 e. The van der Waals surface area contributed by atoms with Crippen LogP contribution in [-0.2, 0) is 16.3 Å². The highest BCUT2D eigenvalue weighted by molar-refractivity contribution is 7.91. The number of hydrogen-bond donors (Lipinski definition) is 2. The van der Waals surface area contributed by atoms with Gasteiger partial charge in [0.25, 0.3) is 0 Å². The first-order valence-electron chi connectivity index (χ1n) is 6.01. The minimum absolute atomic E-state index is 0.0487. The Hall–Kier alpha value is -1.40. The van der Waals surface area contributed by atoms with Gasteiger partial charge in [-0.3, -0.25) is 0 Å². The van der Waals surface area contributed by atoms with Crippen molar-refractivity contribution in [2.75, 3.05) is 12.4 Å². The molecule has 6 heteroatoms. The molecule has 106 valence electrons. The highest BCUT2D eigenvalue weighted by atomic mass is 32.2. The van der Waals surface area contributed by atoms with E-state index in [-0.39, 0.29) is 28.7 Å². The fourth-order valence-electron chi connectivity index (χ4n) is 1.79. The average Bonchev–Trinajstić information content (AvgIpc) is 2.37. The lowest BCUT2D eigenvalue weighted by molar-refractivity contribution is 0.0696. The Morgan fingerprint density at radius 3 is 2.47 bits per heavy atom. The number of aliphatic hydroxyl groups excluding tert-OH is 1. The molecule has 2 N–H and O–H groups in total. The number of aliphatic hydroxyl groups is 1. The van der Waals surface area contributed by atoms with Gasteiger partial charge in [0.1, 0.15) is 0 Å². The summed E-state index contributed by atoms with van der Waals surface area (Å²) in [4.78, 5) is 11.0. The van der Waals surface area contributed by atoms with Crippen molar-refractivity contribution in [3.63, 3.8) is 0 Å². The van der Waals surface area contributed by atoms with Crippen molar-refractivity contribution in [1.82, 2.24) is 0 Å². The highest BCUT2D eigenvalue weighted by Crippen LogP contribution is 2.21. The van der Waals surface area contributed by atoms with Gasteiger partial charge in [0.05, 0.1) is 16.2 Å². The quantitative estimate of drug-likeness (QED) is 0.823. The topological polar surface area (TPSA) is 91.7 Å². The molecular weight excluding hydrogens is 268 g/mol. The maximum Gasteiger partial charge on any atom is 0.335 e. The van der Waals surface area contributed by atoms with E-state index in [2.05, 4.69) is 0 Å². The molecule has 5 nitrogen and oxygen atoms in total. The maximum atomic E-state index is 12.3. The molecule has 0 aliphatic heterocycles. The molecule has 0 aliphatic rings. The van der Waals surface area contributed by atoms with Gasteiger partial charge in [-0.15, -0.1) is 0 Å². The third-order valence-corrected chi connectivity index (χ3v) is 4.90. The molecule has 1 unspecified atom stereocenters. The first kappa shape index (κ1) is 15.7. The van der Waals surface area contributed by atoms with Crippen LogP contribution in [0.1, 0.15) is 29.8 Å². The molecule has 0 aromatic heterocycles. The molecule has 0 spiro atoms. The SMILES string of the molecule is CCc1ccc(C(=O)O)cc1S(=O)(=O)CC(C)CO. The van der Waals surface area contributed by atoms with Crippen LogP contribution < -0.4 is 0 Å². The van der Waals surface area contributed by atoms with Crippen molar-refractivity contribution < 1.29 is 23.4 Å². The molecule has 0 saturated heterocycles. The molecule has 0 radical (unpaired) electrons. The minimum Gasteiger partial charge on any atom is -0.478 e. The molecule has 0 saturated carbocycles. The molecule has 19 heavy (non-hydrogen) atoms. The number of carboxylic acid groups (broad SMARTS) is 1. The van der Waals surface area contributed by atoms with Gasteiger partial charge in [0.2, 0.25) is 0 Å². The summed E-state index contributed by atoms with van der Waals surface area (Å²) >= 11 is 0. The lowest BCUT2D eigenvalue weighted by atomic mass is 10.1. The normalized spacial score (nSPS) is 13.2. The Kier molecular flexibility index (Phi) is 5.08. The number of sulfone groups is 1. The van der Waals surface area contributed by atoms with Gasteiger partial charge in [0, 0.05) is 6.61 Å². The van der Waals surface area contributed by atoms with Crippen LogP contribution >= 0.6 is 0 Å². The fraction of sp³-hybridized carbons (Fsp3) is 0.462. The summed E-state index contributed by atoms with van der Waals surface area (Å²) in [5, 5.41) is 17.9. The van der Waals surface area contributed by atoms with Crippen LogP contribution in [0.15, 0.2) is 23.1 Å². The van der Waals surface area contributed by atoms with Crippen LogP contribution in [0.5, 0.6) is 0 Å². The molecule has 1 aromatic carbocycles. The Labute approximate surface area is 112 Å². The van der Waals surface area contributed by atoms with Crippen LogP contribution in [0.2, 0.25) is 0 Å². The number of rotatable bonds is 6. The number of aryl methyl sites for hydroxylation is 1. The van der Waals surface area contributed by atoms with Crippen molar-refractivity contribution in [3.05, 3.63) is 29.3 Å². The second-order valence-electron chi connectivity index (χ2n) is 4.55. The Morgan fingerprint density at radius 2 is 2.00 bits per heavy atom. The summed E-state index contributed by atoms with van der Waals surface area (Å²) in [6.45, 7) is 3.22. The third kappa shape index (κ3) is 3.78. The van der Waals surface area contributed by atoms with E-state index >= 15 is 0 Å². The second-order valence-corrected chi connectivity index (χ2v) is 6.55. The number of benzene rings is 1. The van der Waals surface area contributed by atoms with Gasteiger partial charge in [0.15, 0.2) is 9.84 Å². The maximum absolute atomic E-state index is 12.3. The van der Waals surface area contributed by atoms with Crippen molar-refractivity contribution in [2.24, 2.45) is 5.92 Å². The van der Waals surface area contributed by atoms with Crippen molar-refractivity contribution in [1.29, 1.82) is 0 Å². The fourth-order valence-corrected chi connectivity index (χ4v) is 3.74. The summed E-state index contributed by atoms with van der Waals surface area (Å²) in [7, 11) is -3.59. The number of hydrogen-bond acceptors (Lipinski definition) is 4. The van der Waals surface area contributed by atoms with E-state index in [9.17, 15) is 13.2 Å². The van der Waals surface area contributed by atoms with Crippen molar-refractivity contribution in [3.8, 4) is 0 Å². The Balaban J connectivity index is 3.30. The van der Waals surface area contributed by atoms with E-state index in [1.807, 2.05) is 6.92 Å². The van der Waals surface area contributed by atoms with Crippen LogP contribution in [0.25, 0.3) is 0 Å². The first-order chi connectivity index (χ1) is 8.81. The molecule has 0 fully saturated rings. The van der Waals surface area contributed by atoms with Crippen molar-refractivity contribution in [2.45, 2.75) is 25.2 Å². The van der Waals surface area contributed by atoms with E-state index < -0.39 is 15.8 Å². The molecule has 0 aliphatic carbocycles. The molecule has 1 atom stereocenters. The van der Waals surface area contributed by atoms with Gasteiger partial charge in [-0.2, -0.15) is 0 Å². The Bertz CT molecular complexity index is 562. The van der Waals surface area contributed by atoms with E-state index in [1.54, 1.807) is 6.92 Å². The second kappa shape index (κ2) is 6.16. The zero-order chi connectivity index (χ0) is 14.6. The summed E-state index contributed by atoms with van der Waals surface area (Å²) < 4.78 is 24.5. The predicted octanol–water partition coefficient (Wildman–Crippen LogP) is 1.35. The highest BCUT2D eigenvalue weighted by Gasteiger charge is 2.22. The number of carbonyl (C=O) groups is 1. The lowest BCUT2D eigenvalue weighted by Crippen LogP contribution is -2.18.